The van der Waals surface area contributed by atoms with E-state index in [1.807, 2.05) is 6.07 Å². The fourth-order valence-electron chi connectivity index (χ4n) is 5.31. The lowest BCUT2D eigenvalue weighted by Crippen LogP contribution is -2.34. The largest absolute Gasteiger partial charge is 0.393 e. The molecule has 3 heteroatoms. The standard InChI is InChI=1S/C28H36O3/c1-4-28(25-19-26(29)31-27(25)30,20-22(3)24-16-9-6-10-17-24)18-12-11-13-21(2)23-14-7-5-8-15-23/h5-10,14-17,21-22,25H,4,11-13,18-20H2,1-3H3. The molecule has 166 valence electrons. The molecular weight excluding hydrogens is 384 g/mol. The summed E-state index contributed by atoms with van der Waals surface area (Å²) in [5, 5.41) is 0. The third kappa shape index (κ3) is 5.84. The van der Waals surface area contributed by atoms with Crippen LogP contribution in [0, 0.1) is 11.3 Å². The van der Waals surface area contributed by atoms with Gasteiger partial charge in [-0.05, 0) is 54.1 Å². The van der Waals surface area contributed by atoms with Gasteiger partial charge in [0.15, 0.2) is 0 Å². The van der Waals surface area contributed by atoms with Crippen LogP contribution in [-0.2, 0) is 14.3 Å². The number of rotatable bonds is 11. The van der Waals surface area contributed by atoms with Crippen molar-refractivity contribution in [2.45, 2.75) is 77.6 Å². The van der Waals surface area contributed by atoms with E-state index in [1.165, 1.54) is 11.1 Å². The van der Waals surface area contributed by atoms with E-state index in [-0.39, 0.29) is 29.7 Å². The van der Waals surface area contributed by atoms with Crippen LogP contribution in [0.2, 0.25) is 0 Å². The van der Waals surface area contributed by atoms with Gasteiger partial charge < -0.3 is 4.74 Å². The fraction of sp³-hybridized carbons (Fsp3) is 0.500. The third-order valence-corrected chi connectivity index (χ3v) is 7.32. The first-order valence-electron chi connectivity index (χ1n) is 11.8. The first-order chi connectivity index (χ1) is 14.9. The van der Waals surface area contributed by atoms with Gasteiger partial charge in [-0.3, -0.25) is 9.59 Å². The van der Waals surface area contributed by atoms with Crippen LogP contribution >= 0.6 is 0 Å². The van der Waals surface area contributed by atoms with Crippen molar-refractivity contribution in [3.05, 3.63) is 71.8 Å². The van der Waals surface area contributed by atoms with Crippen LogP contribution in [0.4, 0.5) is 0 Å². The minimum Gasteiger partial charge on any atom is -0.393 e. The van der Waals surface area contributed by atoms with E-state index in [1.54, 1.807) is 0 Å². The Morgan fingerprint density at radius 3 is 2.00 bits per heavy atom. The molecule has 1 saturated heterocycles. The highest BCUT2D eigenvalue weighted by atomic mass is 16.6. The lowest BCUT2D eigenvalue weighted by atomic mass is 9.64. The van der Waals surface area contributed by atoms with Gasteiger partial charge in [0.1, 0.15) is 0 Å². The number of ether oxygens (including phenoxy) is 1. The summed E-state index contributed by atoms with van der Waals surface area (Å²) in [7, 11) is 0. The monoisotopic (exact) mass is 420 g/mol. The lowest BCUT2D eigenvalue weighted by molar-refractivity contribution is -0.154. The molecule has 0 bridgehead atoms. The number of carbonyl (C=O) groups is 2. The molecular formula is C28H36O3. The summed E-state index contributed by atoms with van der Waals surface area (Å²) in [5.74, 6) is -0.142. The Balaban J connectivity index is 1.69. The van der Waals surface area contributed by atoms with Crippen molar-refractivity contribution in [3.63, 3.8) is 0 Å². The summed E-state index contributed by atoms with van der Waals surface area (Å²) >= 11 is 0. The third-order valence-electron chi connectivity index (χ3n) is 7.32. The molecule has 1 heterocycles. The molecule has 1 aliphatic heterocycles. The predicted octanol–water partition coefficient (Wildman–Crippen LogP) is 7.03. The summed E-state index contributed by atoms with van der Waals surface area (Å²) in [6, 6.07) is 21.1. The maximum absolute atomic E-state index is 12.6. The van der Waals surface area contributed by atoms with E-state index in [4.69, 9.17) is 4.74 Å². The van der Waals surface area contributed by atoms with Gasteiger partial charge in [-0.2, -0.15) is 0 Å². The first-order valence-corrected chi connectivity index (χ1v) is 11.8. The number of esters is 2. The molecule has 0 saturated carbocycles. The maximum atomic E-state index is 12.6. The molecule has 3 rings (SSSR count). The van der Waals surface area contributed by atoms with Crippen molar-refractivity contribution >= 4 is 11.9 Å². The topological polar surface area (TPSA) is 43.4 Å². The molecule has 1 fully saturated rings. The van der Waals surface area contributed by atoms with E-state index in [0.29, 0.717) is 11.8 Å². The van der Waals surface area contributed by atoms with Crippen LogP contribution in [0.25, 0.3) is 0 Å². The summed E-state index contributed by atoms with van der Waals surface area (Å²) < 4.78 is 4.99. The summed E-state index contributed by atoms with van der Waals surface area (Å²) in [4.78, 5) is 24.5. The van der Waals surface area contributed by atoms with E-state index in [0.717, 1.165) is 38.5 Å². The molecule has 1 aliphatic rings. The number of carbonyl (C=O) groups excluding carboxylic acids is 2. The van der Waals surface area contributed by atoms with Gasteiger partial charge in [-0.25, -0.2) is 0 Å². The Morgan fingerprint density at radius 1 is 0.903 bits per heavy atom. The number of benzene rings is 2. The Hall–Kier alpha value is -2.42. The summed E-state index contributed by atoms with van der Waals surface area (Å²) in [6.45, 7) is 6.69. The lowest BCUT2D eigenvalue weighted by Gasteiger charge is -2.39. The van der Waals surface area contributed by atoms with Gasteiger partial charge in [0, 0.05) is 0 Å². The Labute approximate surface area is 187 Å². The molecule has 3 nitrogen and oxygen atoms in total. The molecule has 31 heavy (non-hydrogen) atoms. The SMILES string of the molecule is CCC(CCCCC(C)c1ccccc1)(CC(C)c1ccccc1)C1CC(=O)OC1=O. The molecule has 2 aromatic carbocycles. The van der Waals surface area contributed by atoms with Crippen LogP contribution in [0.15, 0.2) is 60.7 Å². The Morgan fingerprint density at radius 2 is 1.48 bits per heavy atom. The van der Waals surface area contributed by atoms with E-state index in [9.17, 15) is 9.59 Å². The second-order valence-corrected chi connectivity index (χ2v) is 9.34. The van der Waals surface area contributed by atoms with E-state index >= 15 is 0 Å². The molecule has 0 aromatic heterocycles. The zero-order chi connectivity index (χ0) is 22.3. The van der Waals surface area contributed by atoms with Crippen molar-refractivity contribution in [3.8, 4) is 0 Å². The molecule has 4 unspecified atom stereocenters. The zero-order valence-electron chi connectivity index (χ0n) is 19.2. The van der Waals surface area contributed by atoms with Gasteiger partial charge in [0.25, 0.3) is 0 Å². The smallest absolute Gasteiger partial charge is 0.317 e. The maximum Gasteiger partial charge on any atom is 0.317 e. The highest BCUT2D eigenvalue weighted by Crippen LogP contribution is 2.48. The number of hydrogen-bond donors (Lipinski definition) is 0. The normalized spacial score (nSPS) is 20.2. The van der Waals surface area contributed by atoms with Gasteiger partial charge in [0.2, 0.25) is 0 Å². The molecule has 2 aromatic rings. The molecule has 4 atom stereocenters. The number of cyclic esters (lactones) is 2. The van der Waals surface area contributed by atoms with Gasteiger partial charge in [-0.15, -0.1) is 0 Å². The van der Waals surface area contributed by atoms with Gasteiger partial charge >= 0.3 is 11.9 Å². The minimum absolute atomic E-state index is 0.200. The molecule has 0 aliphatic carbocycles. The highest BCUT2D eigenvalue weighted by molar-refractivity contribution is 5.95. The van der Waals surface area contributed by atoms with Crippen molar-refractivity contribution in [1.29, 1.82) is 0 Å². The van der Waals surface area contributed by atoms with Crippen LogP contribution < -0.4 is 0 Å². The minimum atomic E-state index is -0.363. The second kappa shape index (κ2) is 10.7. The van der Waals surface area contributed by atoms with Gasteiger partial charge in [-0.1, -0.05) is 94.3 Å². The average Bonchev–Trinajstić information content (AvgIpc) is 3.15. The fourth-order valence-corrected chi connectivity index (χ4v) is 5.31. The van der Waals surface area contributed by atoms with Crippen molar-refractivity contribution in [2.24, 2.45) is 11.3 Å². The Bertz CT molecular complexity index is 845. The number of hydrogen-bond acceptors (Lipinski definition) is 3. The van der Waals surface area contributed by atoms with Crippen molar-refractivity contribution < 1.29 is 14.3 Å². The van der Waals surface area contributed by atoms with Crippen molar-refractivity contribution in [2.75, 3.05) is 0 Å². The van der Waals surface area contributed by atoms with Crippen LogP contribution in [0.3, 0.4) is 0 Å². The van der Waals surface area contributed by atoms with Gasteiger partial charge in [0.05, 0.1) is 12.3 Å². The first kappa shape index (κ1) is 23.2. The average molecular weight is 421 g/mol. The van der Waals surface area contributed by atoms with Crippen molar-refractivity contribution in [1.82, 2.24) is 0 Å². The predicted molar refractivity (Wildman–Crippen MR) is 125 cm³/mol. The van der Waals surface area contributed by atoms with E-state index < -0.39 is 0 Å². The van der Waals surface area contributed by atoms with Crippen LogP contribution in [-0.4, -0.2) is 11.9 Å². The molecule has 0 spiro atoms. The zero-order valence-corrected chi connectivity index (χ0v) is 19.2. The summed E-state index contributed by atoms with van der Waals surface area (Å²) in [6.07, 6.45) is 6.27. The molecule has 0 amide bonds. The Kier molecular flexibility index (Phi) is 8.06. The van der Waals surface area contributed by atoms with Crippen LogP contribution in [0.1, 0.15) is 88.7 Å². The molecule has 0 N–H and O–H groups in total. The second-order valence-electron chi connectivity index (χ2n) is 9.34. The number of unbranched alkanes of at least 4 members (excludes halogenated alkanes) is 1. The summed E-state index contributed by atoms with van der Waals surface area (Å²) in [5.41, 5.74) is 2.47. The highest BCUT2D eigenvalue weighted by Gasteiger charge is 2.48. The van der Waals surface area contributed by atoms with Crippen LogP contribution in [0.5, 0.6) is 0 Å². The molecule has 0 radical (unpaired) electrons. The van der Waals surface area contributed by atoms with E-state index in [2.05, 4.69) is 75.4 Å². The quantitative estimate of drug-likeness (QED) is 0.223.